The quantitative estimate of drug-likeness (QED) is 0.272. The second-order valence-electron chi connectivity index (χ2n) is 18.2. The van der Waals surface area contributed by atoms with Crippen molar-refractivity contribution in [1.82, 2.24) is 0 Å². The first-order valence-electron chi connectivity index (χ1n) is 19.9. The highest BCUT2D eigenvalue weighted by molar-refractivity contribution is 5.62. The number of hydrogen-bond acceptors (Lipinski definition) is 8. The van der Waals surface area contributed by atoms with Crippen molar-refractivity contribution in [3.05, 3.63) is 35.9 Å². The third kappa shape index (κ3) is 5.11. The van der Waals surface area contributed by atoms with Gasteiger partial charge in [0.1, 0.15) is 34.1 Å². The Morgan fingerprint density at radius 2 is 1.22 bits per heavy atom. The topological polar surface area (TPSA) is 81.7 Å². The van der Waals surface area contributed by atoms with Gasteiger partial charge in [-0.15, -0.1) is 0 Å². The molecule has 7 rings (SSSR count). The summed E-state index contributed by atoms with van der Waals surface area (Å²) in [6, 6.07) is 10.2. The van der Waals surface area contributed by atoms with Crippen LogP contribution in [0.3, 0.4) is 0 Å². The van der Waals surface area contributed by atoms with Gasteiger partial charge >= 0.3 is 6.16 Å². The van der Waals surface area contributed by atoms with E-state index in [9.17, 15) is 4.79 Å². The van der Waals surface area contributed by atoms with Gasteiger partial charge in [0.2, 0.25) is 0 Å². The third-order valence-electron chi connectivity index (χ3n) is 15.1. The fourth-order valence-corrected chi connectivity index (χ4v) is 11.5. The van der Waals surface area contributed by atoms with E-state index in [-0.39, 0.29) is 18.6 Å². The molecule has 2 heterocycles. The van der Waals surface area contributed by atoms with Crippen molar-refractivity contribution in [2.24, 2.45) is 17.8 Å². The van der Waals surface area contributed by atoms with Crippen molar-refractivity contribution < 1.29 is 38.0 Å². The zero-order valence-corrected chi connectivity index (χ0v) is 32.4. The smallest absolute Gasteiger partial charge is 0.431 e. The Morgan fingerprint density at radius 1 is 0.720 bits per heavy atom. The Balaban J connectivity index is 1.37. The van der Waals surface area contributed by atoms with Crippen LogP contribution in [0.5, 0.6) is 0 Å². The van der Waals surface area contributed by atoms with Crippen molar-refractivity contribution in [3.63, 3.8) is 0 Å². The Kier molecular flexibility index (Phi) is 9.11. The summed E-state index contributed by atoms with van der Waals surface area (Å²) in [7, 11) is 0. The monoisotopic (exact) mass is 696 g/mol. The zero-order chi connectivity index (χ0) is 35.8. The van der Waals surface area contributed by atoms with E-state index < -0.39 is 51.3 Å². The summed E-state index contributed by atoms with van der Waals surface area (Å²) in [5.74, 6) is -0.531. The highest BCUT2D eigenvalue weighted by Crippen LogP contribution is 2.73. The lowest BCUT2D eigenvalue weighted by Gasteiger charge is -2.69. The summed E-state index contributed by atoms with van der Waals surface area (Å²) in [5, 5.41) is 0. The second kappa shape index (κ2) is 12.4. The van der Waals surface area contributed by atoms with E-state index >= 15 is 0 Å². The zero-order valence-electron chi connectivity index (χ0n) is 32.4. The summed E-state index contributed by atoms with van der Waals surface area (Å²) < 4.78 is 50.4. The lowest BCUT2D eigenvalue weighted by Crippen LogP contribution is -2.91. The largest absolute Gasteiger partial charge is 0.509 e. The number of fused-ring (bicyclic) bond motifs is 3. The van der Waals surface area contributed by atoms with E-state index in [1.165, 1.54) is 0 Å². The molecule has 4 saturated carbocycles. The van der Waals surface area contributed by atoms with Gasteiger partial charge in [0.15, 0.2) is 17.2 Å². The Bertz CT molecular complexity index is 1400. The van der Waals surface area contributed by atoms with Crippen LogP contribution in [0.25, 0.3) is 0 Å². The van der Waals surface area contributed by atoms with Crippen molar-refractivity contribution >= 4 is 6.16 Å². The minimum atomic E-state index is -1.45. The molecule has 2 spiro atoms. The van der Waals surface area contributed by atoms with Crippen LogP contribution in [-0.4, -0.2) is 57.4 Å². The van der Waals surface area contributed by atoms with Crippen LogP contribution in [-0.2, 0) is 39.8 Å². The van der Waals surface area contributed by atoms with Gasteiger partial charge in [-0.3, -0.25) is 0 Å². The van der Waals surface area contributed by atoms with E-state index in [1.54, 1.807) is 0 Å². The highest BCUT2D eigenvalue weighted by atomic mass is 16.8. The van der Waals surface area contributed by atoms with Crippen molar-refractivity contribution in [2.75, 3.05) is 0 Å². The molecule has 0 radical (unpaired) electrons. The fraction of sp³-hybridized carbons (Fsp3) is 0.833. The van der Waals surface area contributed by atoms with Crippen LogP contribution < -0.4 is 0 Å². The summed E-state index contributed by atoms with van der Waals surface area (Å²) >= 11 is 0. The summed E-state index contributed by atoms with van der Waals surface area (Å²) in [6.07, 6.45) is 11.5. The van der Waals surface area contributed by atoms with E-state index in [4.69, 9.17) is 33.2 Å². The molecule has 9 atom stereocenters. The summed E-state index contributed by atoms with van der Waals surface area (Å²) in [5.41, 5.74) is -6.25. The molecule has 1 aromatic rings. The molecule has 2 aliphatic heterocycles. The third-order valence-corrected chi connectivity index (χ3v) is 15.1. The van der Waals surface area contributed by atoms with E-state index in [2.05, 4.69) is 60.6 Å². The van der Waals surface area contributed by atoms with Crippen LogP contribution in [0, 0.1) is 17.8 Å². The van der Waals surface area contributed by atoms with Gasteiger partial charge in [-0.05, 0) is 103 Å². The molecular formula is C42H64O8. The number of carbonyl (C=O) groups excluding carboxylic acids is 1. The molecule has 0 bridgehead atoms. The maximum Gasteiger partial charge on any atom is 0.509 e. The molecule has 8 heteroatoms. The van der Waals surface area contributed by atoms with Gasteiger partial charge < -0.3 is 33.2 Å². The van der Waals surface area contributed by atoms with Crippen LogP contribution in [0.1, 0.15) is 151 Å². The first-order valence-corrected chi connectivity index (χ1v) is 19.9. The van der Waals surface area contributed by atoms with Gasteiger partial charge in [0.05, 0.1) is 6.61 Å². The van der Waals surface area contributed by atoms with Crippen molar-refractivity contribution in [1.29, 1.82) is 0 Å². The molecule has 6 fully saturated rings. The Labute approximate surface area is 300 Å². The highest BCUT2D eigenvalue weighted by Gasteiger charge is 2.92. The Morgan fingerprint density at radius 3 is 1.74 bits per heavy atom. The second-order valence-corrected chi connectivity index (χ2v) is 18.2. The van der Waals surface area contributed by atoms with Crippen LogP contribution in [0.4, 0.5) is 4.79 Å². The van der Waals surface area contributed by atoms with Gasteiger partial charge in [0.25, 0.3) is 0 Å². The first-order chi connectivity index (χ1) is 23.5. The van der Waals surface area contributed by atoms with Gasteiger partial charge in [0, 0.05) is 25.7 Å². The number of rotatable bonds is 6. The molecule has 4 aliphatic carbocycles. The predicted molar refractivity (Wildman–Crippen MR) is 190 cm³/mol. The van der Waals surface area contributed by atoms with E-state index in [0.717, 1.165) is 89.0 Å². The van der Waals surface area contributed by atoms with Crippen LogP contribution in [0.2, 0.25) is 0 Å². The molecule has 0 unspecified atom stereocenters. The normalized spacial score (nSPS) is 45.0. The van der Waals surface area contributed by atoms with Crippen molar-refractivity contribution in [2.45, 2.75) is 204 Å². The van der Waals surface area contributed by atoms with Gasteiger partial charge in [-0.2, -0.15) is 0 Å². The van der Waals surface area contributed by atoms with E-state index in [0.29, 0.717) is 11.8 Å². The summed E-state index contributed by atoms with van der Waals surface area (Å²) in [6.45, 7) is 19.4. The molecule has 8 nitrogen and oxygen atoms in total. The maximum absolute atomic E-state index is 14.5. The van der Waals surface area contributed by atoms with Gasteiger partial charge in [-0.25, -0.2) is 4.79 Å². The predicted octanol–water partition coefficient (Wildman–Crippen LogP) is 9.80. The molecule has 0 N–H and O–H groups in total. The van der Waals surface area contributed by atoms with E-state index in [1.807, 2.05) is 32.0 Å². The molecule has 0 amide bonds. The number of hydrogen-bond donors (Lipinski definition) is 0. The fourth-order valence-electron chi connectivity index (χ4n) is 11.5. The lowest BCUT2D eigenvalue weighted by molar-refractivity contribution is -0.375. The first kappa shape index (κ1) is 36.6. The molecule has 6 aliphatic rings. The molecule has 50 heavy (non-hydrogen) atoms. The van der Waals surface area contributed by atoms with Crippen LogP contribution >= 0.6 is 0 Å². The average Bonchev–Trinajstić information content (AvgIpc) is 3.45. The minimum absolute atomic E-state index is 0.225. The number of carbonyl (C=O) groups is 1. The lowest BCUT2D eigenvalue weighted by atomic mass is 9.46. The SMILES string of the molecule is CC(C)[C@H]1CC[C@@H](C)C[C@H]1OC(=O)O[C@@]1(C)[C@](C)(OCc2ccccc2)[C@]2(C)OC3(CCCCC3)O[C@]2(C)[C@]2(C)OC3(CCCCC3)O[C@@]12C. The molecular weight excluding hydrogens is 632 g/mol. The Hall–Kier alpha value is -1.71. The number of benzene rings is 1. The number of ether oxygens (including phenoxy) is 7. The minimum Gasteiger partial charge on any atom is -0.431 e. The van der Waals surface area contributed by atoms with Crippen molar-refractivity contribution in [3.8, 4) is 0 Å². The molecule has 0 aromatic heterocycles. The van der Waals surface area contributed by atoms with Gasteiger partial charge in [-0.1, -0.05) is 70.4 Å². The average molecular weight is 697 g/mol. The summed E-state index contributed by atoms with van der Waals surface area (Å²) in [4.78, 5) is 14.5. The maximum atomic E-state index is 14.5. The molecule has 2 saturated heterocycles. The molecule has 280 valence electrons. The molecule has 1 aromatic carbocycles. The standard InChI is InChI=1S/C42H64O8/c1-29(2)32-22-21-30(3)27-33(32)45-34(43)46-36(5)35(4,44-28-31-19-13-10-14-20-31)37(6)39(8,49-41(47-37)23-15-11-16-24-41)40(9)38(36,7)48-42(50-40)25-17-12-18-26-42/h10,13-14,19-20,29-30,32-33H,11-12,15-18,21-28H2,1-9H3/t30-,32-,33-,35+,36+,37+,38+,39+,40-/m1/s1. The van der Waals surface area contributed by atoms with Crippen LogP contribution in [0.15, 0.2) is 30.3 Å².